The van der Waals surface area contributed by atoms with Crippen LogP contribution in [0.5, 0.6) is 0 Å². The lowest BCUT2D eigenvalue weighted by atomic mass is 9.90. The molecule has 1 aliphatic heterocycles. The van der Waals surface area contributed by atoms with Gasteiger partial charge in [-0.05, 0) is 48.4 Å². The molecule has 1 aliphatic rings. The van der Waals surface area contributed by atoms with Gasteiger partial charge in [0.1, 0.15) is 0 Å². The van der Waals surface area contributed by atoms with Crippen molar-refractivity contribution in [3.63, 3.8) is 0 Å². The Bertz CT molecular complexity index is 818. The predicted octanol–water partition coefficient (Wildman–Crippen LogP) is 4.56. The Kier molecular flexibility index (Phi) is 7.35. The molecule has 2 aromatic rings. The van der Waals surface area contributed by atoms with E-state index in [1.165, 1.54) is 5.56 Å². The van der Waals surface area contributed by atoms with Gasteiger partial charge in [0.15, 0.2) is 6.61 Å². The summed E-state index contributed by atoms with van der Waals surface area (Å²) in [6.45, 7) is 1.20. The monoisotopic (exact) mass is 419 g/mol. The Morgan fingerprint density at radius 2 is 1.68 bits per heavy atom. The normalized spacial score (nSPS) is 14.7. The standard InChI is InChI=1S/C22H23Cl2NO3/c23-19-7-6-18(13-20(19)24)14-22(27)28-15-21(26)25-10-8-17(9-11-25)12-16-4-2-1-3-5-16/h1-7,13,17H,8-12,14-15H2. The molecule has 0 N–H and O–H groups in total. The molecule has 0 aliphatic carbocycles. The maximum atomic E-state index is 12.3. The highest BCUT2D eigenvalue weighted by molar-refractivity contribution is 6.42. The quantitative estimate of drug-likeness (QED) is 0.644. The van der Waals surface area contributed by atoms with Crippen LogP contribution in [0.1, 0.15) is 24.0 Å². The lowest BCUT2D eigenvalue weighted by molar-refractivity contribution is -0.152. The molecule has 1 amide bonds. The van der Waals surface area contributed by atoms with Crippen molar-refractivity contribution in [2.75, 3.05) is 19.7 Å². The van der Waals surface area contributed by atoms with Gasteiger partial charge >= 0.3 is 5.97 Å². The zero-order valence-electron chi connectivity index (χ0n) is 15.6. The minimum atomic E-state index is -0.453. The van der Waals surface area contributed by atoms with E-state index in [-0.39, 0.29) is 18.9 Å². The highest BCUT2D eigenvalue weighted by Crippen LogP contribution is 2.23. The summed E-state index contributed by atoms with van der Waals surface area (Å²) in [6, 6.07) is 15.4. The second-order valence-corrected chi connectivity index (χ2v) is 7.91. The fourth-order valence-electron chi connectivity index (χ4n) is 3.43. The molecule has 0 bridgehead atoms. The lowest BCUT2D eigenvalue weighted by Gasteiger charge is -2.32. The molecule has 3 rings (SSSR count). The first-order valence-electron chi connectivity index (χ1n) is 9.42. The van der Waals surface area contributed by atoms with E-state index in [1.807, 2.05) is 6.07 Å². The van der Waals surface area contributed by atoms with Gasteiger partial charge in [-0.3, -0.25) is 9.59 Å². The van der Waals surface area contributed by atoms with Crippen molar-refractivity contribution in [3.05, 3.63) is 69.7 Å². The van der Waals surface area contributed by atoms with Crippen LogP contribution in [0.25, 0.3) is 0 Å². The van der Waals surface area contributed by atoms with E-state index in [0.29, 0.717) is 34.6 Å². The molecular weight excluding hydrogens is 397 g/mol. The van der Waals surface area contributed by atoms with Crippen molar-refractivity contribution in [3.8, 4) is 0 Å². The third-order valence-corrected chi connectivity index (χ3v) is 5.76. The zero-order valence-corrected chi connectivity index (χ0v) is 17.1. The van der Waals surface area contributed by atoms with Gasteiger partial charge in [-0.2, -0.15) is 0 Å². The molecule has 6 heteroatoms. The largest absolute Gasteiger partial charge is 0.455 e. The zero-order chi connectivity index (χ0) is 19.9. The summed E-state index contributed by atoms with van der Waals surface area (Å²) in [5.74, 6) is -0.00462. The van der Waals surface area contributed by atoms with Gasteiger partial charge in [0.05, 0.1) is 16.5 Å². The number of hydrogen-bond donors (Lipinski definition) is 0. The second kappa shape index (κ2) is 9.94. The van der Waals surface area contributed by atoms with Crippen LogP contribution in [0.3, 0.4) is 0 Å². The van der Waals surface area contributed by atoms with E-state index < -0.39 is 5.97 Å². The van der Waals surface area contributed by atoms with Crippen LogP contribution < -0.4 is 0 Å². The third kappa shape index (κ3) is 5.98. The molecule has 4 nitrogen and oxygen atoms in total. The minimum Gasteiger partial charge on any atom is -0.455 e. The first kappa shape index (κ1) is 20.7. The number of piperidine rings is 1. The molecule has 1 saturated heterocycles. The van der Waals surface area contributed by atoms with E-state index in [9.17, 15) is 9.59 Å². The van der Waals surface area contributed by atoms with Gasteiger partial charge in [0, 0.05) is 13.1 Å². The summed E-state index contributed by atoms with van der Waals surface area (Å²) in [5, 5.41) is 0.825. The van der Waals surface area contributed by atoms with Crippen LogP contribution in [0, 0.1) is 5.92 Å². The molecule has 1 fully saturated rings. The van der Waals surface area contributed by atoms with E-state index in [2.05, 4.69) is 24.3 Å². The average molecular weight is 420 g/mol. The molecule has 28 heavy (non-hydrogen) atoms. The van der Waals surface area contributed by atoms with Crippen molar-refractivity contribution < 1.29 is 14.3 Å². The van der Waals surface area contributed by atoms with Gasteiger partial charge in [-0.1, -0.05) is 59.6 Å². The van der Waals surface area contributed by atoms with Crippen molar-refractivity contribution >= 4 is 35.1 Å². The number of halogens is 2. The number of ether oxygens (including phenoxy) is 1. The smallest absolute Gasteiger partial charge is 0.310 e. The van der Waals surface area contributed by atoms with Crippen LogP contribution in [-0.4, -0.2) is 36.5 Å². The molecule has 0 aromatic heterocycles. The minimum absolute atomic E-state index is 0.0588. The maximum absolute atomic E-state index is 12.3. The van der Waals surface area contributed by atoms with Crippen molar-refractivity contribution in [2.24, 2.45) is 5.92 Å². The average Bonchev–Trinajstić information content (AvgIpc) is 2.70. The molecule has 0 atom stereocenters. The van der Waals surface area contributed by atoms with Gasteiger partial charge in [-0.25, -0.2) is 0 Å². The maximum Gasteiger partial charge on any atom is 0.310 e. The number of rotatable bonds is 6. The number of amides is 1. The molecular formula is C22H23Cl2NO3. The molecule has 0 radical (unpaired) electrons. The fourth-order valence-corrected chi connectivity index (χ4v) is 3.76. The number of nitrogens with zero attached hydrogens (tertiary/aromatic N) is 1. The SMILES string of the molecule is O=C(Cc1ccc(Cl)c(Cl)c1)OCC(=O)N1CCC(Cc2ccccc2)CC1. The first-order chi connectivity index (χ1) is 13.5. The van der Waals surface area contributed by atoms with Gasteiger partial charge in [-0.15, -0.1) is 0 Å². The fraction of sp³-hybridized carbons (Fsp3) is 0.364. The molecule has 1 heterocycles. The first-order valence-corrected chi connectivity index (χ1v) is 10.2. The summed E-state index contributed by atoms with van der Waals surface area (Å²) in [6.07, 6.45) is 3.04. The van der Waals surface area contributed by atoms with E-state index in [1.54, 1.807) is 23.1 Å². The highest BCUT2D eigenvalue weighted by Gasteiger charge is 2.23. The summed E-state index contributed by atoms with van der Waals surface area (Å²) in [5.41, 5.74) is 2.04. The number of benzene rings is 2. The van der Waals surface area contributed by atoms with Crippen molar-refractivity contribution in [1.82, 2.24) is 4.90 Å². The summed E-state index contributed by atoms with van der Waals surface area (Å²) in [4.78, 5) is 26.1. The Morgan fingerprint density at radius 1 is 0.964 bits per heavy atom. The Balaban J connectivity index is 1.39. The Labute approximate surface area is 175 Å². The van der Waals surface area contributed by atoms with E-state index >= 15 is 0 Å². The topological polar surface area (TPSA) is 46.6 Å². The predicted molar refractivity (Wildman–Crippen MR) is 111 cm³/mol. The van der Waals surface area contributed by atoms with Crippen LogP contribution in [0.15, 0.2) is 48.5 Å². The van der Waals surface area contributed by atoms with E-state index in [4.69, 9.17) is 27.9 Å². The van der Waals surface area contributed by atoms with Crippen molar-refractivity contribution in [2.45, 2.75) is 25.7 Å². The van der Waals surface area contributed by atoms with Gasteiger partial charge < -0.3 is 9.64 Å². The van der Waals surface area contributed by atoms with Crippen LogP contribution in [0.4, 0.5) is 0 Å². The van der Waals surface area contributed by atoms with E-state index in [0.717, 1.165) is 19.3 Å². The highest BCUT2D eigenvalue weighted by atomic mass is 35.5. The molecule has 0 spiro atoms. The van der Waals surface area contributed by atoms with Crippen LogP contribution in [-0.2, 0) is 27.2 Å². The van der Waals surface area contributed by atoms with Gasteiger partial charge in [0.2, 0.25) is 0 Å². The Hall–Kier alpha value is -2.04. The Morgan fingerprint density at radius 3 is 2.36 bits per heavy atom. The number of hydrogen-bond acceptors (Lipinski definition) is 3. The molecule has 0 unspecified atom stereocenters. The molecule has 0 saturated carbocycles. The summed E-state index contributed by atoms with van der Waals surface area (Å²) < 4.78 is 5.15. The lowest BCUT2D eigenvalue weighted by Crippen LogP contribution is -2.41. The van der Waals surface area contributed by atoms with Crippen LogP contribution >= 0.6 is 23.2 Å². The molecule has 2 aromatic carbocycles. The molecule has 148 valence electrons. The summed E-state index contributed by atoms with van der Waals surface area (Å²) >= 11 is 11.8. The number of carbonyl (C=O) groups excluding carboxylic acids is 2. The number of likely N-dealkylation sites (tertiary alicyclic amines) is 1. The third-order valence-electron chi connectivity index (χ3n) is 5.02. The van der Waals surface area contributed by atoms with Crippen LogP contribution in [0.2, 0.25) is 10.0 Å². The second-order valence-electron chi connectivity index (χ2n) is 7.10. The van der Waals surface area contributed by atoms with Crippen molar-refractivity contribution in [1.29, 1.82) is 0 Å². The van der Waals surface area contributed by atoms with Gasteiger partial charge in [0.25, 0.3) is 5.91 Å². The summed E-state index contributed by atoms with van der Waals surface area (Å²) in [7, 11) is 0. The number of esters is 1. The number of carbonyl (C=O) groups is 2.